The summed E-state index contributed by atoms with van der Waals surface area (Å²) in [6.45, 7) is 2.08. The van der Waals surface area contributed by atoms with E-state index in [0.717, 1.165) is 4.34 Å². The van der Waals surface area contributed by atoms with E-state index < -0.39 is 6.09 Å². The van der Waals surface area contributed by atoms with Crippen molar-refractivity contribution in [2.45, 2.75) is 11.3 Å². The lowest BCUT2D eigenvalue weighted by atomic mass is 10.2. The van der Waals surface area contributed by atoms with Crippen LogP contribution in [0.2, 0.25) is 0 Å². The molecule has 0 atom stereocenters. The Morgan fingerprint density at radius 1 is 1.35 bits per heavy atom. The summed E-state index contributed by atoms with van der Waals surface area (Å²) in [5.41, 5.74) is 2.97. The van der Waals surface area contributed by atoms with Crippen molar-refractivity contribution in [3.8, 4) is 0 Å². The molecule has 0 saturated heterocycles. The van der Waals surface area contributed by atoms with Gasteiger partial charge in [0.15, 0.2) is 4.34 Å². The van der Waals surface area contributed by atoms with Crippen LogP contribution in [0.1, 0.15) is 6.92 Å². The topological polar surface area (TPSA) is 84.4 Å². The minimum Gasteiger partial charge on any atom is -0.449 e. The zero-order valence-electron chi connectivity index (χ0n) is 12.7. The van der Waals surface area contributed by atoms with Gasteiger partial charge in [0.25, 0.3) is 0 Å². The number of anilines is 2. The molecular formula is C14H16N4O3S2. The third-order valence-corrected chi connectivity index (χ3v) is 4.61. The van der Waals surface area contributed by atoms with Gasteiger partial charge >= 0.3 is 6.09 Å². The zero-order valence-corrected chi connectivity index (χ0v) is 14.3. The largest absolute Gasteiger partial charge is 0.449 e. The molecule has 0 aliphatic carbocycles. The van der Waals surface area contributed by atoms with Crippen molar-refractivity contribution in [3.63, 3.8) is 0 Å². The van der Waals surface area contributed by atoms with Crippen LogP contribution in [0.4, 0.5) is 16.2 Å². The van der Waals surface area contributed by atoms with Gasteiger partial charge in [-0.1, -0.05) is 23.1 Å². The number of carbonyl (C=O) groups is 2. The highest BCUT2D eigenvalue weighted by atomic mass is 32.2. The Morgan fingerprint density at radius 2 is 2.09 bits per heavy atom. The van der Waals surface area contributed by atoms with Gasteiger partial charge in [-0.3, -0.25) is 9.69 Å². The molecular weight excluding hydrogens is 336 g/mol. The molecule has 0 fully saturated rings. The van der Waals surface area contributed by atoms with Gasteiger partial charge in [-0.25, -0.2) is 4.79 Å². The van der Waals surface area contributed by atoms with Gasteiger partial charge in [-0.05, 0) is 31.2 Å². The van der Waals surface area contributed by atoms with Gasteiger partial charge in [-0.2, -0.15) is 0 Å². The lowest BCUT2D eigenvalue weighted by Crippen LogP contribution is -2.26. The van der Waals surface area contributed by atoms with E-state index in [1.54, 1.807) is 43.7 Å². The van der Waals surface area contributed by atoms with E-state index in [1.165, 1.54) is 28.0 Å². The summed E-state index contributed by atoms with van der Waals surface area (Å²) >= 11 is 2.73. The fraction of sp³-hybridized carbons (Fsp3) is 0.286. The number of hydrogen-bond acceptors (Lipinski definition) is 7. The number of nitrogens with one attached hydrogen (secondary N) is 1. The van der Waals surface area contributed by atoms with Crippen molar-refractivity contribution in [1.82, 2.24) is 10.2 Å². The van der Waals surface area contributed by atoms with Crippen molar-refractivity contribution in [3.05, 3.63) is 29.8 Å². The Balaban J connectivity index is 1.86. The smallest absolute Gasteiger partial charge is 0.413 e. The second-order valence-corrected chi connectivity index (χ2v) is 6.40. The van der Waals surface area contributed by atoms with Crippen LogP contribution < -0.4 is 10.2 Å². The fourth-order valence-corrected chi connectivity index (χ4v) is 2.93. The van der Waals surface area contributed by atoms with Gasteiger partial charge in [0.1, 0.15) is 5.51 Å². The maximum absolute atomic E-state index is 11.9. The average Bonchev–Trinajstić information content (AvgIpc) is 3.07. The second-order valence-electron chi connectivity index (χ2n) is 4.35. The summed E-state index contributed by atoms with van der Waals surface area (Å²) in [5, 5.41) is 10.4. The van der Waals surface area contributed by atoms with Crippen LogP contribution in [0, 0.1) is 0 Å². The molecule has 0 saturated carbocycles. The number of carbonyl (C=O) groups excluding carboxylic acids is 2. The highest BCUT2D eigenvalue weighted by Crippen LogP contribution is 2.20. The molecule has 0 aliphatic heterocycles. The standard InChI is InChI=1S/C14H16N4O3S2/c1-3-21-14(20)18(2)11-6-4-10(5-7-11)16-12(19)8-22-13-17-15-9-23-13/h4-7,9H,3,8H2,1-2H3,(H,16,19). The summed E-state index contributed by atoms with van der Waals surface area (Å²) in [6.07, 6.45) is -0.419. The molecule has 0 spiro atoms. The predicted molar refractivity (Wildman–Crippen MR) is 91.1 cm³/mol. The maximum atomic E-state index is 11.9. The Bertz CT molecular complexity index is 647. The second kappa shape index (κ2) is 8.49. The minimum atomic E-state index is -0.419. The van der Waals surface area contributed by atoms with E-state index in [0.29, 0.717) is 18.0 Å². The molecule has 1 heterocycles. The summed E-state index contributed by atoms with van der Waals surface area (Å²) in [4.78, 5) is 24.9. The van der Waals surface area contributed by atoms with Gasteiger partial charge in [0.05, 0.1) is 12.4 Å². The number of rotatable bonds is 6. The molecule has 1 aromatic carbocycles. The first-order chi connectivity index (χ1) is 11.1. The molecule has 2 rings (SSSR count). The highest BCUT2D eigenvalue weighted by molar-refractivity contribution is 8.01. The third kappa shape index (κ3) is 5.22. The lowest BCUT2D eigenvalue weighted by Gasteiger charge is -2.16. The molecule has 0 bridgehead atoms. The Labute approximate surface area is 142 Å². The molecule has 0 aliphatic rings. The number of aromatic nitrogens is 2. The molecule has 1 N–H and O–H groups in total. The van der Waals surface area contributed by atoms with Crippen molar-refractivity contribution in [2.24, 2.45) is 0 Å². The molecule has 9 heteroatoms. The number of thioether (sulfide) groups is 1. The maximum Gasteiger partial charge on any atom is 0.413 e. The van der Waals surface area contributed by atoms with Gasteiger partial charge in [-0.15, -0.1) is 10.2 Å². The Kier molecular flexibility index (Phi) is 6.36. The highest BCUT2D eigenvalue weighted by Gasteiger charge is 2.11. The number of benzene rings is 1. The van der Waals surface area contributed by atoms with E-state index in [2.05, 4.69) is 15.5 Å². The summed E-state index contributed by atoms with van der Waals surface area (Å²) in [7, 11) is 1.63. The van der Waals surface area contributed by atoms with Crippen molar-refractivity contribution < 1.29 is 14.3 Å². The summed E-state index contributed by atoms with van der Waals surface area (Å²) in [6, 6.07) is 6.95. The number of hydrogen-bond donors (Lipinski definition) is 1. The molecule has 2 aromatic rings. The summed E-state index contributed by atoms with van der Waals surface area (Å²) in [5.74, 6) is 0.136. The Hall–Kier alpha value is -2.13. The van der Waals surface area contributed by atoms with Gasteiger partial charge < -0.3 is 10.1 Å². The first-order valence-corrected chi connectivity index (χ1v) is 8.66. The number of amides is 2. The molecule has 122 valence electrons. The van der Waals surface area contributed by atoms with Crippen LogP contribution in [0.5, 0.6) is 0 Å². The normalized spacial score (nSPS) is 10.2. The average molecular weight is 352 g/mol. The van der Waals surface area contributed by atoms with Crippen LogP contribution in [0.3, 0.4) is 0 Å². The van der Waals surface area contributed by atoms with Crippen molar-refractivity contribution >= 4 is 46.5 Å². The third-order valence-electron chi connectivity index (χ3n) is 2.75. The van der Waals surface area contributed by atoms with Crippen LogP contribution in [0.25, 0.3) is 0 Å². The van der Waals surface area contributed by atoms with E-state index in [1.807, 2.05) is 0 Å². The van der Waals surface area contributed by atoms with Crippen LogP contribution in [-0.4, -0.2) is 41.6 Å². The molecule has 23 heavy (non-hydrogen) atoms. The van der Waals surface area contributed by atoms with E-state index in [9.17, 15) is 9.59 Å². The molecule has 7 nitrogen and oxygen atoms in total. The first kappa shape index (κ1) is 17.2. The monoisotopic (exact) mass is 352 g/mol. The molecule has 2 amide bonds. The first-order valence-electron chi connectivity index (χ1n) is 6.79. The predicted octanol–water partition coefficient (Wildman–Crippen LogP) is 2.86. The SMILES string of the molecule is CCOC(=O)N(C)c1ccc(NC(=O)CSc2nncs2)cc1. The Morgan fingerprint density at radius 3 is 2.70 bits per heavy atom. The quantitative estimate of drug-likeness (QED) is 0.805. The van der Waals surface area contributed by atoms with Gasteiger partial charge in [0, 0.05) is 18.4 Å². The number of nitrogens with zero attached hydrogens (tertiary/aromatic N) is 3. The minimum absolute atomic E-state index is 0.128. The lowest BCUT2D eigenvalue weighted by molar-refractivity contribution is -0.113. The van der Waals surface area contributed by atoms with Crippen LogP contribution in [-0.2, 0) is 9.53 Å². The van der Waals surface area contributed by atoms with Crippen LogP contribution in [0.15, 0.2) is 34.1 Å². The summed E-state index contributed by atoms with van der Waals surface area (Å²) < 4.78 is 5.68. The van der Waals surface area contributed by atoms with Crippen molar-refractivity contribution in [2.75, 3.05) is 29.6 Å². The molecule has 0 radical (unpaired) electrons. The van der Waals surface area contributed by atoms with E-state index >= 15 is 0 Å². The van der Waals surface area contributed by atoms with Crippen molar-refractivity contribution in [1.29, 1.82) is 0 Å². The fourth-order valence-electron chi connectivity index (χ4n) is 1.64. The van der Waals surface area contributed by atoms with E-state index in [4.69, 9.17) is 4.74 Å². The van der Waals surface area contributed by atoms with Crippen LogP contribution >= 0.6 is 23.1 Å². The molecule has 0 unspecified atom stereocenters. The molecule has 1 aromatic heterocycles. The van der Waals surface area contributed by atoms with E-state index in [-0.39, 0.29) is 11.7 Å². The number of ether oxygens (including phenoxy) is 1. The van der Waals surface area contributed by atoms with Gasteiger partial charge in [0.2, 0.25) is 5.91 Å². The zero-order chi connectivity index (χ0) is 16.7.